The minimum Gasteiger partial charge on any atom is -0.342 e. The molecule has 0 radical (unpaired) electrons. The molecule has 1 unspecified atom stereocenters. The number of anilines is 1. The van der Waals surface area contributed by atoms with E-state index in [4.69, 9.17) is 10.1 Å². The monoisotopic (exact) mass is 499 g/mol. The molecule has 1 aromatic heterocycles. The van der Waals surface area contributed by atoms with Crippen molar-refractivity contribution in [2.24, 2.45) is 4.99 Å². The summed E-state index contributed by atoms with van der Waals surface area (Å²) in [5, 5.41) is 19.4. The summed E-state index contributed by atoms with van der Waals surface area (Å²) in [5.41, 5.74) is 6.67. The molecule has 0 spiro atoms. The van der Waals surface area contributed by atoms with Crippen molar-refractivity contribution in [3.8, 4) is 11.3 Å². The Hall–Kier alpha value is -5.04. The van der Waals surface area contributed by atoms with Crippen LogP contribution in [0.25, 0.3) is 11.3 Å². The van der Waals surface area contributed by atoms with Crippen molar-refractivity contribution in [3.63, 3.8) is 0 Å². The molecule has 1 N–H and O–H groups in total. The number of nitrogens with zero attached hydrogens (tertiary/aromatic N) is 4. The number of hydrogen-bond acceptors (Lipinski definition) is 5. The van der Waals surface area contributed by atoms with E-state index in [1.165, 1.54) is 17.7 Å². The molecular weight excluding hydrogens is 474 g/mol. The number of benzene rings is 4. The van der Waals surface area contributed by atoms with Gasteiger partial charge < -0.3 is 4.90 Å². The zero-order valence-electron chi connectivity index (χ0n) is 20.6. The number of H-pyrrole nitrogens is 1. The molecule has 7 nitrogen and oxygen atoms in total. The van der Waals surface area contributed by atoms with E-state index in [1.807, 2.05) is 66.7 Å². The van der Waals surface area contributed by atoms with Gasteiger partial charge in [-0.15, -0.1) is 0 Å². The lowest BCUT2D eigenvalue weighted by atomic mass is 9.95. The molecule has 2 heterocycles. The fourth-order valence-corrected chi connectivity index (χ4v) is 4.96. The van der Waals surface area contributed by atoms with Crippen LogP contribution in [0.1, 0.15) is 29.2 Å². The van der Waals surface area contributed by atoms with Gasteiger partial charge in [-0.2, -0.15) is 5.10 Å². The van der Waals surface area contributed by atoms with Gasteiger partial charge in [-0.1, -0.05) is 91.0 Å². The van der Waals surface area contributed by atoms with E-state index in [2.05, 4.69) is 34.3 Å². The van der Waals surface area contributed by atoms with Crippen LogP contribution in [0.3, 0.4) is 0 Å². The van der Waals surface area contributed by atoms with Gasteiger partial charge in [-0.05, 0) is 28.8 Å². The molecule has 1 atom stereocenters. The maximum Gasteiger partial charge on any atom is 0.269 e. The number of nitro groups is 1. The van der Waals surface area contributed by atoms with Crippen molar-refractivity contribution in [2.45, 2.75) is 19.0 Å². The van der Waals surface area contributed by atoms with Crippen LogP contribution in [0.4, 0.5) is 17.2 Å². The van der Waals surface area contributed by atoms with E-state index < -0.39 is 0 Å². The Kier molecular flexibility index (Phi) is 6.24. The van der Waals surface area contributed by atoms with Crippen LogP contribution in [-0.2, 0) is 6.54 Å². The second-order valence-corrected chi connectivity index (χ2v) is 9.24. The van der Waals surface area contributed by atoms with Crippen LogP contribution in [0.5, 0.6) is 0 Å². The predicted molar refractivity (Wildman–Crippen MR) is 150 cm³/mol. The smallest absolute Gasteiger partial charge is 0.269 e. The highest BCUT2D eigenvalue weighted by Gasteiger charge is 2.32. The Morgan fingerprint density at radius 2 is 1.45 bits per heavy atom. The van der Waals surface area contributed by atoms with Gasteiger partial charge in [0.1, 0.15) is 5.69 Å². The summed E-state index contributed by atoms with van der Waals surface area (Å²) in [6, 6.07) is 37.4. The van der Waals surface area contributed by atoms with Crippen LogP contribution in [0.15, 0.2) is 120 Å². The van der Waals surface area contributed by atoms with Crippen LogP contribution >= 0.6 is 0 Å². The molecule has 1 aliphatic rings. The van der Waals surface area contributed by atoms with E-state index in [9.17, 15) is 10.1 Å². The van der Waals surface area contributed by atoms with Crippen molar-refractivity contribution < 1.29 is 4.92 Å². The number of hydrogen-bond donors (Lipinski definition) is 1. The molecule has 186 valence electrons. The first-order valence-electron chi connectivity index (χ1n) is 12.5. The zero-order valence-corrected chi connectivity index (χ0v) is 20.6. The molecule has 0 fully saturated rings. The Morgan fingerprint density at radius 1 is 0.816 bits per heavy atom. The maximum atomic E-state index is 11.3. The molecule has 0 bridgehead atoms. The molecule has 1 aliphatic heterocycles. The van der Waals surface area contributed by atoms with Crippen molar-refractivity contribution in [1.82, 2.24) is 10.2 Å². The average Bonchev–Trinajstić information content (AvgIpc) is 3.32. The Labute approximate surface area is 220 Å². The second-order valence-electron chi connectivity index (χ2n) is 9.24. The topological polar surface area (TPSA) is 87.4 Å². The summed E-state index contributed by atoms with van der Waals surface area (Å²) >= 11 is 0. The van der Waals surface area contributed by atoms with Crippen LogP contribution in [0.2, 0.25) is 0 Å². The Balaban J connectivity index is 1.54. The van der Waals surface area contributed by atoms with Gasteiger partial charge in [0.2, 0.25) is 0 Å². The molecule has 5 aromatic rings. The molecule has 0 aliphatic carbocycles. The highest BCUT2D eigenvalue weighted by molar-refractivity contribution is 6.05. The number of nitro benzene ring substituents is 1. The van der Waals surface area contributed by atoms with Gasteiger partial charge >= 0.3 is 0 Å². The lowest BCUT2D eigenvalue weighted by Gasteiger charge is -2.31. The first-order valence-corrected chi connectivity index (χ1v) is 12.5. The summed E-state index contributed by atoms with van der Waals surface area (Å²) in [4.78, 5) is 18.4. The minimum atomic E-state index is -0.380. The van der Waals surface area contributed by atoms with Gasteiger partial charge in [0, 0.05) is 30.7 Å². The first-order chi connectivity index (χ1) is 18.7. The zero-order chi connectivity index (χ0) is 25.9. The highest BCUT2D eigenvalue weighted by Crippen LogP contribution is 2.44. The lowest BCUT2D eigenvalue weighted by Crippen LogP contribution is -2.29. The third-order valence-corrected chi connectivity index (χ3v) is 6.86. The van der Waals surface area contributed by atoms with E-state index in [0.29, 0.717) is 13.0 Å². The van der Waals surface area contributed by atoms with Gasteiger partial charge in [0.05, 0.1) is 22.4 Å². The van der Waals surface area contributed by atoms with E-state index >= 15 is 0 Å². The summed E-state index contributed by atoms with van der Waals surface area (Å²) in [6.07, 6.45) is 0.610. The number of non-ortho nitro benzene ring substituents is 1. The molecule has 38 heavy (non-hydrogen) atoms. The molecule has 0 saturated carbocycles. The third-order valence-electron chi connectivity index (χ3n) is 6.86. The van der Waals surface area contributed by atoms with E-state index in [0.717, 1.165) is 39.6 Å². The largest absolute Gasteiger partial charge is 0.342 e. The maximum absolute atomic E-state index is 11.3. The average molecular weight is 500 g/mol. The molecule has 6 rings (SSSR count). The first kappa shape index (κ1) is 23.4. The van der Waals surface area contributed by atoms with Gasteiger partial charge in [0.25, 0.3) is 5.69 Å². The molecule has 0 amide bonds. The number of rotatable bonds is 6. The van der Waals surface area contributed by atoms with Gasteiger partial charge in [0.15, 0.2) is 5.82 Å². The standard InChI is InChI=1S/C31H25N5O2/c37-36(38)26-18-16-23(17-19-26)27-20-28(24-12-6-2-7-13-24)35(21-22-10-4-1-5-11-22)31-30(32-27)29(33-34-31)25-14-8-3-9-15-25/h1-19,28H,20-21H2,(H,33,34). The fourth-order valence-electron chi connectivity index (χ4n) is 4.96. The van der Waals surface area contributed by atoms with Crippen molar-refractivity contribution in [1.29, 1.82) is 0 Å². The van der Waals surface area contributed by atoms with Crippen molar-refractivity contribution in [2.75, 3.05) is 4.90 Å². The minimum absolute atomic E-state index is 0.0569. The van der Waals surface area contributed by atoms with Gasteiger partial charge in [-0.3, -0.25) is 15.2 Å². The summed E-state index contributed by atoms with van der Waals surface area (Å²) in [5.74, 6) is 0.776. The molecule has 7 heteroatoms. The molecule has 4 aromatic carbocycles. The lowest BCUT2D eigenvalue weighted by molar-refractivity contribution is -0.384. The fraction of sp³-hybridized carbons (Fsp3) is 0.0968. The summed E-state index contributed by atoms with van der Waals surface area (Å²) < 4.78 is 0. The van der Waals surface area contributed by atoms with Crippen LogP contribution < -0.4 is 4.90 Å². The normalized spacial score (nSPS) is 14.9. The molecular formula is C31H25N5O2. The van der Waals surface area contributed by atoms with E-state index in [-0.39, 0.29) is 16.7 Å². The van der Waals surface area contributed by atoms with Gasteiger partial charge in [-0.25, -0.2) is 4.99 Å². The van der Waals surface area contributed by atoms with Crippen LogP contribution in [-0.4, -0.2) is 20.8 Å². The number of fused-ring (bicyclic) bond motifs is 1. The van der Waals surface area contributed by atoms with Crippen LogP contribution in [0, 0.1) is 10.1 Å². The third kappa shape index (κ3) is 4.57. The number of aromatic nitrogens is 2. The summed E-state index contributed by atoms with van der Waals surface area (Å²) in [7, 11) is 0. The van der Waals surface area contributed by atoms with Crippen molar-refractivity contribution >= 4 is 22.9 Å². The highest BCUT2D eigenvalue weighted by atomic mass is 16.6. The summed E-state index contributed by atoms with van der Waals surface area (Å²) in [6.45, 7) is 0.648. The number of aliphatic imine (C=N–C) groups is 1. The number of nitrogens with one attached hydrogen (secondary N) is 1. The van der Waals surface area contributed by atoms with Crippen molar-refractivity contribution in [3.05, 3.63) is 142 Å². The SMILES string of the molecule is O=[N+]([O-])c1ccc(C2=Nc3c(n[nH]c3-c3ccccc3)N(Cc3ccccc3)C(c3ccccc3)C2)cc1. The second kappa shape index (κ2) is 10.1. The Morgan fingerprint density at radius 3 is 2.11 bits per heavy atom. The molecule has 0 saturated heterocycles. The predicted octanol–water partition coefficient (Wildman–Crippen LogP) is 7.26. The number of aromatic amines is 1. The quantitative estimate of drug-likeness (QED) is 0.197. The Bertz CT molecular complexity index is 1580. The van der Waals surface area contributed by atoms with E-state index in [1.54, 1.807) is 12.1 Å².